The molecule has 0 aliphatic heterocycles. The van der Waals surface area contributed by atoms with Crippen molar-refractivity contribution in [1.29, 1.82) is 0 Å². The van der Waals surface area contributed by atoms with Crippen LogP contribution in [0.15, 0.2) is 22.8 Å². The zero-order valence-electron chi connectivity index (χ0n) is 10.6. The number of nitrogens with one attached hydrogen (secondary N) is 1. The normalized spacial score (nSPS) is 14.1. The maximum Gasteiger partial charge on any atom is 0.154 e. The van der Waals surface area contributed by atoms with E-state index in [4.69, 9.17) is 4.42 Å². The molecular weight excluding hydrogens is 238 g/mol. The van der Waals surface area contributed by atoms with Crippen molar-refractivity contribution in [2.24, 2.45) is 5.92 Å². The van der Waals surface area contributed by atoms with Gasteiger partial charge in [-0.25, -0.2) is 8.42 Å². The van der Waals surface area contributed by atoms with Crippen LogP contribution in [0.25, 0.3) is 0 Å². The Hall–Kier alpha value is -0.810. The smallest absolute Gasteiger partial charge is 0.154 e. The molecule has 0 aliphatic rings. The Morgan fingerprint density at radius 2 is 2.06 bits per heavy atom. The first-order chi connectivity index (χ1) is 7.93. The van der Waals surface area contributed by atoms with E-state index in [2.05, 4.69) is 5.32 Å². The largest absolute Gasteiger partial charge is 0.468 e. The highest BCUT2D eigenvalue weighted by Crippen LogP contribution is 2.11. The van der Waals surface area contributed by atoms with Crippen molar-refractivity contribution < 1.29 is 12.8 Å². The number of furan rings is 1. The minimum Gasteiger partial charge on any atom is -0.468 e. The fourth-order valence-electron chi connectivity index (χ4n) is 1.44. The van der Waals surface area contributed by atoms with Gasteiger partial charge in [-0.05, 0) is 25.0 Å². The summed E-state index contributed by atoms with van der Waals surface area (Å²) in [6, 6.07) is 3.67. The van der Waals surface area contributed by atoms with Crippen molar-refractivity contribution in [2.75, 3.05) is 12.3 Å². The first-order valence-corrected chi connectivity index (χ1v) is 7.59. The molecule has 0 amide bonds. The molecule has 1 unspecified atom stereocenters. The quantitative estimate of drug-likeness (QED) is 0.759. The summed E-state index contributed by atoms with van der Waals surface area (Å²) in [5.74, 6) is 1.15. The van der Waals surface area contributed by atoms with Crippen LogP contribution in [0.4, 0.5) is 0 Å². The summed E-state index contributed by atoms with van der Waals surface area (Å²) in [6.45, 7) is 6.65. The highest BCUT2D eigenvalue weighted by atomic mass is 32.2. The van der Waals surface area contributed by atoms with Gasteiger partial charge < -0.3 is 9.73 Å². The van der Waals surface area contributed by atoms with Gasteiger partial charge in [0.15, 0.2) is 9.84 Å². The van der Waals surface area contributed by atoms with Crippen LogP contribution in [0.5, 0.6) is 0 Å². The van der Waals surface area contributed by atoms with Crippen LogP contribution in [0.1, 0.15) is 26.5 Å². The lowest BCUT2D eigenvalue weighted by molar-refractivity contribution is 0.486. The molecule has 0 aromatic carbocycles. The number of rotatable bonds is 7. The van der Waals surface area contributed by atoms with Gasteiger partial charge in [-0.3, -0.25) is 0 Å². The van der Waals surface area contributed by atoms with Crippen molar-refractivity contribution in [2.45, 2.75) is 32.6 Å². The highest BCUT2D eigenvalue weighted by Gasteiger charge is 2.22. The Labute approximate surface area is 103 Å². The van der Waals surface area contributed by atoms with E-state index in [9.17, 15) is 8.42 Å². The van der Waals surface area contributed by atoms with Gasteiger partial charge >= 0.3 is 0 Å². The van der Waals surface area contributed by atoms with E-state index >= 15 is 0 Å². The fraction of sp³-hybridized carbons (Fsp3) is 0.667. The molecule has 0 aliphatic carbocycles. The lowest BCUT2D eigenvalue weighted by atomic mass is 10.2. The summed E-state index contributed by atoms with van der Waals surface area (Å²) in [4.78, 5) is 0. The van der Waals surface area contributed by atoms with Gasteiger partial charge in [-0.15, -0.1) is 0 Å². The Balaban J connectivity index is 2.31. The van der Waals surface area contributed by atoms with Gasteiger partial charge in [0.25, 0.3) is 0 Å². The Bertz CT molecular complexity index is 409. The molecule has 1 heterocycles. The maximum absolute atomic E-state index is 11.9. The predicted octanol–water partition coefficient (Wildman–Crippen LogP) is 1.83. The molecule has 1 aromatic rings. The van der Waals surface area contributed by atoms with Crippen LogP contribution in [-0.4, -0.2) is 26.0 Å². The van der Waals surface area contributed by atoms with Gasteiger partial charge in [0.1, 0.15) is 5.76 Å². The summed E-state index contributed by atoms with van der Waals surface area (Å²) in [6.07, 6.45) is 1.61. The van der Waals surface area contributed by atoms with E-state index in [1.165, 1.54) is 0 Å². The van der Waals surface area contributed by atoms with Gasteiger partial charge in [0, 0.05) is 6.54 Å². The molecule has 1 aromatic heterocycles. The monoisotopic (exact) mass is 259 g/mol. The van der Waals surface area contributed by atoms with Crippen molar-refractivity contribution in [1.82, 2.24) is 5.32 Å². The molecule has 4 nitrogen and oxygen atoms in total. The molecule has 1 rings (SSSR count). The molecule has 0 radical (unpaired) electrons. The predicted molar refractivity (Wildman–Crippen MR) is 68.5 cm³/mol. The van der Waals surface area contributed by atoms with Crippen molar-refractivity contribution in [3.63, 3.8) is 0 Å². The van der Waals surface area contributed by atoms with E-state index in [0.717, 1.165) is 5.76 Å². The topological polar surface area (TPSA) is 59.3 Å². The lowest BCUT2D eigenvalue weighted by Gasteiger charge is -2.16. The Kier molecular flexibility index (Phi) is 5.21. The van der Waals surface area contributed by atoms with Gasteiger partial charge in [-0.1, -0.05) is 13.8 Å². The van der Waals surface area contributed by atoms with E-state index in [1.807, 2.05) is 26.0 Å². The minimum atomic E-state index is -2.99. The number of hydrogen-bond donors (Lipinski definition) is 1. The molecule has 1 atom stereocenters. The van der Waals surface area contributed by atoms with Crippen molar-refractivity contribution in [3.05, 3.63) is 24.2 Å². The summed E-state index contributed by atoms with van der Waals surface area (Å²) in [5, 5.41) is 2.78. The maximum atomic E-state index is 11.9. The molecule has 0 spiro atoms. The molecule has 1 N–H and O–H groups in total. The number of sulfone groups is 1. The summed E-state index contributed by atoms with van der Waals surface area (Å²) >= 11 is 0. The van der Waals surface area contributed by atoms with Crippen LogP contribution < -0.4 is 5.32 Å². The third kappa shape index (κ3) is 4.52. The Morgan fingerprint density at radius 1 is 1.35 bits per heavy atom. The van der Waals surface area contributed by atoms with Crippen LogP contribution in [-0.2, 0) is 16.4 Å². The average Bonchev–Trinajstić information content (AvgIpc) is 2.76. The highest BCUT2D eigenvalue weighted by molar-refractivity contribution is 7.92. The first kappa shape index (κ1) is 14.3. The molecule has 0 fully saturated rings. The van der Waals surface area contributed by atoms with E-state index in [0.29, 0.717) is 13.1 Å². The zero-order chi connectivity index (χ0) is 12.9. The van der Waals surface area contributed by atoms with Crippen LogP contribution in [0.2, 0.25) is 0 Å². The fourth-order valence-corrected chi connectivity index (χ4v) is 3.07. The minimum absolute atomic E-state index is 0.157. The van der Waals surface area contributed by atoms with Crippen LogP contribution in [0, 0.1) is 5.92 Å². The SMILES string of the molecule is CC(C)C(C)S(=O)(=O)CCNCc1ccco1. The molecule has 0 saturated carbocycles. The second-order valence-electron chi connectivity index (χ2n) is 4.57. The average molecular weight is 259 g/mol. The van der Waals surface area contributed by atoms with Gasteiger partial charge in [0.05, 0.1) is 23.8 Å². The molecule has 98 valence electrons. The standard InChI is InChI=1S/C12H21NO3S/c1-10(2)11(3)17(14,15)8-6-13-9-12-5-4-7-16-12/h4-5,7,10-11,13H,6,8-9H2,1-3H3. The summed E-state index contributed by atoms with van der Waals surface area (Å²) in [7, 11) is -2.99. The molecule has 0 saturated heterocycles. The van der Waals surface area contributed by atoms with Gasteiger partial charge in [0.2, 0.25) is 0 Å². The molecule has 0 bridgehead atoms. The lowest BCUT2D eigenvalue weighted by Crippen LogP contribution is -2.31. The molecule has 17 heavy (non-hydrogen) atoms. The molecular formula is C12H21NO3S. The third-order valence-electron chi connectivity index (χ3n) is 2.95. The van der Waals surface area contributed by atoms with Crippen LogP contribution >= 0.6 is 0 Å². The van der Waals surface area contributed by atoms with Crippen molar-refractivity contribution >= 4 is 9.84 Å². The third-order valence-corrected chi connectivity index (χ3v) is 5.40. The number of hydrogen-bond acceptors (Lipinski definition) is 4. The van der Waals surface area contributed by atoms with E-state index < -0.39 is 9.84 Å². The zero-order valence-corrected chi connectivity index (χ0v) is 11.5. The summed E-state index contributed by atoms with van der Waals surface area (Å²) in [5.41, 5.74) is 0. The second kappa shape index (κ2) is 6.21. The summed E-state index contributed by atoms with van der Waals surface area (Å²) < 4.78 is 28.9. The second-order valence-corrected chi connectivity index (χ2v) is 7.05. The first-order valence-electron chi connectivity index (χ1n) is 5.88. The Morgan fingerprint density at radius 3 is 2.59 bits per heavy atom. The van der Waals surface area contributed by atoms with Crippen LogP contribution in [0.3, 0.4) is 0 Å². The van der Waals surface area contributed by atoms with Gasteiger partial charge in [-0.2, -0.15) is 0 Å². The van der Waals surface area contributed by atoms with Crippen molar-refractivity contribution in [3.8, 4) is 0 Å². The molecule has 5 heteroatoms. The van der Waals surface area contributed by atoms with E-state index in [1.54, 1.807) is 13.2 Å². The van der Waals surface area contributed by atoms with E-state index in [-0.39, 0.29) is 16.9 Å².